The molecule has 1 N–H and O–H groups in total. The van der Waals surface area contributed by atoms with Crippen LogP contribution in [0.3, 0.4) is 0 Å². The van der Waals surface area contributed by atoms with Crippen LogP contribution in [0.1, 0.15) is 30.1 Å². The Balaban J connectivity index is 1.18. The first-order valence-corrected chi connectivity index (χ1v) is 14.3. The predicted octanol–water partition coefficient (Wildman–Crippen LogP) is 2.94. The summed E-state index contributed by atoms with van der Waals surface area (Å²) in [5, 5.41) is 3.81. The molecule has 2 aromatic rings. The summed E-state index contributed by atoms with van der Waals surface area (Å²) in [7, 11) is -1.65. The van der Waals surface area contributed by atoms with Gasteiger partial charge in [-0.3, -0.25) is 18.6 Å². The number of anilines is 1. The zero-order valence-corrected chi connectivity index (χ0v) is 22.7. The number of likely N-dealkylation sites (tertiary alicyclic amines) is 1. The molecule has 0 saturated carbocycles. The predicted molar refractivity (Wildman–Crippen MR) is 144 cm³/mol. The molecule has 0 aromatic heterocycles. The Hall–Kier alpha value is -2.62. The van der Waals surface area contributed by atoms with Crippen LogP contribution in [0.2, 0.25) is 10.0 Å². The smallest absolute Gasteiger partial charge is 0.254 e. The van der Waals surface area contributed by atoms with Crippen molar-refractivity contribution in [2.45, 2.75) is 36.2 Å². The molecule has 1 unspecified atom stereocenters. The van der Waals surface area contributed by atoms with Crippen LogP contribution >= 0.6 is 23.2 Å². The molecule has 0 aliphatic carbocycles. The average Bonchev–Trinajstić information content (AvgIpc) is 3.24. The summed E-state index contributed by atoms with van der Waals surface area (Å²) in [5.74, 6) is -0.570. The quantitative estimate of drug-likeness (QED) is 0.605. The first kappa shape index (κ1) is 26.0. The molecular formula is C26H28Cl2N4O4S. The van der Waals surface area contributed by atoms with E-state index in [-0.39, 0.29) is 40.1 Å². The molecule has 1 spiro atoms. The maximum absolute atomic E-state index is 13.2. The van der Waals surface area contributed by atoms with Crippen LogP contribution in [0.5, 0.6) is 0 Å². The molecule has 3 saturated heterocycles. The van der Waals surface area contributed by atoms with Gasteiger partial charge in [-0.25, -0.2) is 0 Å². The highest BCUT2D eigenvalue weighted by atomic mass is 35.5. The fraction of sp³-hybridized carbons (Fsp3) is 0.423. The maximum Gasteiger partial charge on any atom is 0.254 e. The Morgan fingerprint density at radius 1 is 1.11 bits per heavy atom. The van der Waals surface area contributed by atoms with E-state index >= 15 is 0 Å². The van der Waals surface area contributed by atoms with Crippen LogP contribution in [0.4, 0.5) is 5.69 Å². The molecule has 37 heavy (non-hydrogen) atoms. The molecule has 3 amide bonds. The average molecular weight is 564 g/mol. The fourth-order valence-corrected chi connectivity index (χ4v) is 7.02. The third-order valence-corrected chi connectivity index (χ3v) is 9.32. The second-order valence-electron chi connectivity index (χ2n) is 9.99. The second-order valence-corrected chi connectivity index (χ2v) is 12.3. The lowest BCUT2D eigenvalue weighted by Gasteiger charge is -2.47. The summed E-state index contributed by atoms with van der Waals surface area (Å²) in [6, 6.07) is 12.5. The van der Waals surface area contributed by atoms with Gasteiger partial charge in [0, 0.05) is 61.5 Å². The van der Waals surface area contributed by atoms with Crippen LogP contribution in [0, 0.1) is 0 Å². The molecule has 2 aromatic carbocycles. The van der Waals surface area contributed by atoms with Crippen molar-refractivity contribution >= 4 is 57.4 Å². The van der Waals surface area contributed by atoms with Crippen molar-refractivity contribution in [3.63, 3.8) is 0 Å². The van der Waals surface area contributed by atoms with Crippen molar-refractivity contribution in [3.05, 3.63) is 58.1 Å². The topological polar surface area (TPSA) is 90.0 Å². The van der Waals surface area contributed by atoms with Gasteiger partial charge in [-0.1, -0.05) is 29.3 Å². The Labute approximate surface area is 228 Å². The van der Waals surface area contributed by atoms with Gasteiger partial charge in [0.05, 0.1) is 26.3 Å². The molecular weight excluding hydrogens is 535 g/mol. The van der Waals surface area contributed by atoms with Gasteiger partial charge < -0.3 is 20.0 Å². The molecule has 196 valence electrons. The summed E-state index contributed by atoms with van der Waals surface area (Å²) in [4.78, 5) is 43.3. The molecule has 0 bridgehead atoms. The Morgan fingerprint density at radius 2 is 1.89 bits per heavy atom. The standard InChI is InChI=1S/C26H28Cl2N4O4S/c1-17-13-30(9-10-32(17)20-4-2-3-19(27)12-20)25(35)18-5-6-22(21(28)11-18)37(36)14-24(34)31-15-26(16-31)8-7-23(33)29-26/h2-6,11-12,17H,7-10,13-16H2,1H3,(H,29,33)/t17-,37?/m1/s1. The van der Waals surface area contributed by atoms with Gasteiger partial charge >= 0.3 is 0 Å². The Kier molecular flexibility index (Phi) is 7.22. The van der Waals surface area contributed by atoms with Crippen molar-refractivity contribution < 1.29 is 18.6 Å². The van der Waals surface area contributed by atoms with Gasteiger partial charge in [0.15, 0.2) is 0 Å². The van der Waals surface area contributed by atoms with E-state index in [0.717, 1.165) is 5.69 Å². The van der Waals surface area contributed by atoms with Crippen molar-refractivity contribution in [3.8, 4) is 0 Å². The number of piperazine rings is 1. The van der Waals surface area contributed by atoms with E-state index in [2.05, 4.69) is 17.1 Å². The van der Waals surface area contributed by atoms with Crippen LogP contribution in [-0.2, 0) is 20.4 Å². The number of halogens is 2. The molecule has 3 aliphatic heterocycles. The lowest BCUT2D eigenvalue weighted by molar-refractivity contribution is -0.137. The van der Waals surface area contributed by atoms with Gasteiger partial charge in [0.2, 0.25) is 11.8 Å². The summed E-state index contributed by atoms with van der Waals surface area (Å²) in [6.07, 6.45) is 1.19. The number of carbonyl (C=O) groups excluding carboxylic acids is 3. The number of hydrogen-bond acceptors (Lipinski definition) is 5. The third kappa shape index (κ3) is 5.35. The summed E-state index contributed by atoms with van der Waals surface area (Å²) in [6.45, 7) is 4.72. The summed E-state index contributed by atoms with van der Waals surface area (Å²) < 4.78 is 12.9. The number of rotatable bonds is 5. The van der Waals surface area contributed by atoms with Crippen molar-refractivity contribution in [2.75, 3.05) is 43.4 Å². The van der Waals surface area contributed by atoms with Crippen LogP contribution in [-0.4, -0.2) is 81.8 Å². The molecule has 2 atom stereocenters. The van der Waals surface area contributed by atoms with Crippen molar-refractivity contribution in [1.82, 2.24) is 15.1 Å². The van der Waals surface area contributed by atoms with E-state index in [1.54, 1.807) is 21.9 Å². The highest BCUT2D eigenvalue weighted by Crippen LogP contribution is 2.31. The lowest BCUT2D eigenvalue weighted by Crippen LogP contribution is -2.68. The SMILES string of the molecule is C[C@@H]1CN(C(=O)c2ccc(S(=O)CC(=O)N3CC4(CCC(=O)N4)C3)c(Cl)c2)CCN1c1cccc(Cl)c1. The Morgan fingerprint density at radius 3 is 2.54 bits per heavy atom. The minimum atomic E-state index is -1.65. The van der Waals surface area contributed by atoms with Crippen molar-refractivity contribution in [2.24, 2.45) is 0 Å². The molecule has 3 fully saturated rings. The van der Waals surface area contributed by atoms with E-state index in [0.29, 0.717) is 61.0 Å². The molecule has 3 heterocycles. The van der Waals surface area contributed by atoms with Gasteiger partial charge in [0.1, 0.15) is 5.75 Å². The Bertz CT molecular complexity index is 1280. The van der Waals surface area contributed by atoms with E-state index in [1.165, 1.54) is 6.07 Å². The second kappa shape index (κ2) is 10.3. The molecule has 5 rings (SSSR count). The number of amides is 3. The third-order valence-electron chi connectivity index (χ3n) is 7.31. The first-order chi connectivity index (χ1) is 17.6. The number of carbonyl (C=O) groups is 3. The summed E-state index contributed by atoms with van der Waals surface area (Å²) >= 11 is 12.6. The van der Waals surface area contributed by atoms with E-state index in [9.17, 15) is 18.6 Å². The number of nitrogens with one attached hydrogen (secondary N) is 1. The highest BCUT2D eigenvalue weighted by Gasteiger charge is 2.49. The zero-order valence-electron chi connectivity index (χ0n) is 20.4. The number of hydrogen-bond donors (Lipinski definition) is 1. The first-order valence-electron chi connectivity index (χ1n) is 12.2. The minimum absolute atomic E-state index is 0.00883. The van der Waals surface area contributed by atoms with Gasteiger partial charge in [0.25, 0.3) is 5.91 Å². The lowest BCUT2D eigenvalue weighted by atomic mass is 9.88. The highest BCUT2D eigenvalue weighted by molar-refractivity contribution is 7.85. The fourth-order valence-electron chi connectivity index (χ4n) is 5.33. The van der Waals surface area contributed by atoms with E-state index < -0.39 is 10.8 Å². The monoisotopic (exact) mass is 562 g/mol. The van der Waals surface area contributed by atoms with Crippen LogP contribution < -0.4 is 10.2 Å². The van der Waals surface area contributed by atoms with Crippen LogP contribution in [0.15, 0.2) is 47.4 Å². The van der Waals surface area contributed by atoms with Gasteiger partial charge in [-0.15, -0.1) is 0 Å². The summed E-state index contributed by atoms with van der Waals surface area (Å²) in [5.41, 5.74) is 1.13. The largest absolute Gasteiger partial charge is 0.365 e. The number of benzene rings is 2. The maximum atomic E-state index is 13.2. The van der Waals surface area contributed by atoms with Gasteiger partial charge in [-0.2, -0.15) is 0 Å². The van der Waals surface area contributed by atoms with Gasteiger partial charge in [-0.05, 0) is 49.7 Å². The zero-order chi connectivity index (χ0) is 26.3. The molecule has 11 heteroatoms. The minimum Gasteiger partial charge on any atom is -0.365 e. The van der Waals surface area contributed by atoms with Crippen LogP contribution in [0.25, 0.3) is 0 Å². The van der Waals surface area contributed by atoms with E-state index in [1.807, 2.05) is 24.3 Å². The molecule has 8 nitrogen and oxygen atoms in total. The van der Waals surface area contributed by atoms with E-state index in [4.69, 9.17) is 23.2 Å². The normalized spacial score (nSPS) is 21.5. The molecule has 3 aliphatic rings. The number of nitrogens with zero attached hydrogens (tertiary/aromatic N) is 3. The van der Waals surface area contributed by atoms with Crippen molar-refractivity contribution in [1.29, 1.82) is 0 Å². The molecule has 0 radical (unpaired) electrons.